The van der Waals surface area contributed by atoms with Gasteiger partial charge in [-0.25, -0.2) is 4.98 Å². The average molecular weight is 367 g/mol. The number of aryl methyl sites for hydroxylation is 1. The van der Waals surface area contributed by atoms with Gasteiger partial charge in [0.1, 0.15) is 11.6 Å². The monoisotopic (exact) mass is 367 g/mol. The summed E-state index contributed by atoms with van der Waals surface area (Å²) in [5.74, 6) is 2.57. The minimum absolute atomic E-state index is 0.0877. The van der Waals surface area contributed by atoms with E-state index in [1.54, 1.807) is 6.07 Å². The van der Waals surface area contributed by atoms with E-state index in [1.807, 2.05) is 38.2 Å². The van der Waals surface area contributed by atoms with Gasteiger partial charge < -0.3 is 15.0 Å². The van der Waals surface area contributed by atoms with Crippen molar-refractivity contribution in [2.24, 2.45) is 5.92 Å². The molecule has 1 N–H and O–H groups in total. The Balaban J connectivity index is 1.55. The zero-order valence-corrected chi connectivity index (χ0v) is 16.5. The summed E-state index contributed by atoms with van der Waals surface area (Å²) in [5.41, 5.74) is 2.61. The van der Waals surface area contributed by atoms with Gasteiger partial charge in [0.15, 0.2) is 0 Å². The molecule has 0 saturated carbocycles. The molecule has 0 radical (unpaired) electrons. The second kappa shape index (κ2) is 8.89. The second-order valence-corrected chi connectivity index (χ2v) is 7.29. The second-order valence-electron chi connectivity index (χ2n) is 7.29. The van der Waals surface area contributed by atoms with Crippen LogP contribution < -0.4 is 15.0 Å². The molecule has 0 aliphatic carbocycles. The Hall–Kier alpha value is -2.56. The molecular formula is C22H29N3O2. The largest absolute Gasteiger partial charge is 0.494 e. The molecule has 1 amide bonds. The molecule has 0 bridgehead atoms. The number of anilines is 1. The lowest BCUT2D eigenvalue weighted by atomic mass is 9.99. The van der Waals surface area contributed by atoms with Crippen LogP contribution in [0.25, 0.3) is 0 Å². The first kappa shape index (κ1) is 19.2. The van der Waals surface area contributed by atoms with Gasteiger partial charge in [-0.3, -0.25) is 4.79 Å². The fourth-order valence-corrected chi connectivity index (χ4v) is 3.34. The summed E-state index contributed by atoms with van der Waals surface area (Å²) in [6.07, 6.45) is 4.30. The smallest absolute Gasteiger partial charge is 0.251 e. The summed E-state index contributed by atoms with van der Waals surface area (Å²) in [5, 5.41) is 2.97. The topological polar surface area (TPSA) is 54.5 Å². The molecule has 1 aliphatic heterocycles. The van der Waals surface area contributed by atoms with Crippen molar-refractivity contribution in [2.75, 3.05) is 24.6 Å². The lowest BCUT2D eigenvalue weighted by Gasteiger charge is -2.31. The lowest BCUT2D eigenvalue weighted by molar-refractivity contribution is 0.0950. The third-order valence-corrected chi connectivity index (χ3v) is 5.11. The fraction of sp³-hybridized carbons (Fsp3) is 0.455. The van der Waals surface area contributed by atoms with Crippen molar-refractivity contribution < 1.29 is 9.53 Å². The van der Waals surface area contributed by atoms with Crippen LogP contribution in [0.1, 0.15) is 48.2 Å². The predicted molar refractivity (Wildman–Crippen MR) is 108 cm³/mol. The Morgan fingerprint density at radius 2 is 2.04 bits per heavy atom. The molecule has 1 saturated heterocycles. The third kappa shape index (κ3) is 5.00. The summed E-state index contributed by atoms with van der Waals surface area (Å²) in [6, 6.07) is 9.61. The van der Waals surface area contributed by atoms with Crippen molar-refractivity contribution in [1.29, 1.82) is 0 Å². The molecule has 2 heterocycles. The highest BCUT2D eigenvalue weighted by Gasteiger charge is 2.16. The van der Waals surface area contributed by atoms with E-state index in [9.17, 15) is 4.79 Å². The molecule has 1 aliphatic rings. The van der Waals surface area contributed by atoms with E-state index in [1.165, 1.54) is 12.8 Å². The molecule has 1 aromatic carbocycles. The van der Waals surface area contributed by atoms with Crippen molar-refractivity contribution in [3.63, 3.8) is 0 Å². The highest BCUT2D eigenvalue weighted by atomic mass is 16.5. The summed E-state index contributed by atoms with van der Waals surface area (Å²) in [6.45, 7) is 9.43. The number of aromatic nitrogens is 1. The molecule has 0 spiro atoms. The van der Waals surface area contributed by atoms with Crippen LogP contribution in [0.2, 0.25) is 0 Å². The van der Waals surface area contributed by atoms with E-state index >= 15 is 0 Å². The highest BCUT2D eigenvalue weighted by Crippen LogP contribution is 2.21. The number of pyridine rings is 1. The quantitative estimate of drug-likeness (QED) is 0.840. The van der Waals surface area contributed by atoms with Crippen molar-refractivity contribution in [3.8, 4) is 5.75 Å². The van der Waals surface area contributed by atoms with Crippen LogP contribution in [0, 0.1) is 12.8 Å². The fourth-order valence-electron chi connectivity index (χ4n) is 3.34. The predicted octanol–water partition coefficient (Wildman–Crippen LogP) is 3.96. The maximum atomic E-state index is 12.4. The maximum absolute atomic E-state index is 12.4. The van der Waals surface area contributed by atoms with Crippen LogP contribution in [0.15, 0.2) is 36.5 Å². The van der Waals surface area contributed by atoms with E-state index in [0.717, 1.165) is 41.7 Å². The molecule has 5 heteroatoms. The zero-order chi connectivity index (χ0) is 19.2. The molecule has 5 nitrogen and oxygen atoms in total. The standard InChI is InChI=1S/C22H29N3O2/c1-4-27-20-7-6-19(13-17(20)3)22(26)24-15-18-5-8-21(23-14-18)25-11-9-16(2)10-12-25/h5-8,13-14,16H,4,9-12,15H2,1-3H3,(H,24,26). The number of piperidine rings is 1. The molecule has 0 unspecified atom stereocenters. The van der Waals surface area contributed by atoms with Gasteiger partial charge in [-0.2, -0.15) is 0 Å². The van der Waals surface area contributed by atoms with Gasteiger partial charge in [0.25, 0.3) is 5.91 Å². The van der Waals surface area contributed by atoms with Crippen molar-refractivity contribution in [1.82, 2.24) is 10.3 Å². The number of hydrogen-bond acceptors (Lipinski definition) is 4. The van der Waals surface area contributed by atoms with Crippen LogP contribution in [-0.4, -0.2) is 30.6 Å². The van der Waals surface area contributed by atoms with Gasteiger partial charge in [-0.15, -0.1) is 0 Å². The van der Waals surface area contributed by atoms with Gasteiger partial charge in [0.05, 0.1) is 6.61 Å². The lowest BCUT2D eigenvalue weighted by Crippen LogP contribution is -2.33. The minimum Gasteiger partial charge on any atom is -0.494 e. The molecule has 1 aromatic heterocycles. The number of nitrogens with zero attached hydrogens (tertiary/aromatic N) is 2. The van der Waals surface area contributed by atoms with E-state index < -0.39 is 0 Å². The van der Waals surface area contributed by atoms with E-state index in [2.05, 4.69) is 28.2 Å². The molecule has 1 fully saturated rings. The van der Waals surface area contributed by atoms with Gasteiger partial charge >= 0.3 is 0 Å². The summed E-state index contributed by atoms with van der Waals surface area (Å²) in [4.78, 5) is 19.3. The number of hydrogen-bond donors (Lipinski definition) is 1. The van der Waals surface area contributed by atoms with Gasteiger partial charge in [-0.1, -0.05) is 13.0 Å². The number of carbonyl (C=O) groups excluding carboxylic acids is 1. The normalized spacial score (nSPS) is 14.9. The van der Waals surface area contributed by atoms with E-state index in [4.69, 9.17) is 4.74 Å². The van der Waals surface area contributed by atoms with Crippen LogP contribution in [0.3, 0.4) is 0 Å². The van der Waals surface area contributed by atoms with Gasteiger partial charge in [0, 0.05) is 31.4 Å². The number of benzene rings is 1. The summed E-state index contributed by atoms with van der Waals surface area (Å²) >= 11 is 0. The molecule has 2 aromatic rings. The molecular weight excluding hydrogens is 338 g/mol. The van der Waals surface area contributed by atoms with E-state index in [0.29, 0.717) is 18.7 Å². The zero-order valence-electron chi connectivity index (χ0n) is 16.5. The van der Waals surface area contributed by atoms with Crippen molar-refractivity contribution in [3.05, 3.63) is 53.2 Å². The van der Waals surface area contributed by atoms with Gasteiger partial charge in [-0.05, 0) is 68.0 Å². The molecule has 0 atom stereocenters. The first-order valence-corrected chi connectivity index (χ1v) is 9.78. The third-order valence-electron chi connectivity index (χ3n) is 5.11. The maximum Gasteiger partial charge on any atom is 0.251 e. The Kier molecular flexibility index (Phi) is 6.32. The van der Waals surface area contributed by atoms with Crippen molar-refractivity contribution in [2.45, 2.75) is 40.2 Å². The van der Waals surface area contributed by atoms with Crippen LogP contribution in [-0.2, 0) is 6.54 Å². The number of ether oxygens (including phenoxy) is 1. The highest BCUT2D eigenvalue weighted by molar-refractivity contribution is 5.94. The Bertz CT molecular complexity index is 766. The Morgan fingerprint density at radius 3 is 2.67 bits per heavy atom. The van der Waals surface area contributed by atoms with E-state index in [-0.39, 0.29) is 5.91 Å². The molecule has 3 rings (SSSR count). The molecule has 144 valence electrons. The minimum atomic E-state index is -0.0877. The molecule has 27 heavy (non-hydrogen) atoms. The van der Waals surface area contributed by atoms with Crippen molar-refractivity contribution >= 4 is 11.7 Å². The van der Waals surface area contributed by atoms with Gasteiger partial charge in [0.2, 0.25) is 0 Å². The number of carbonyl (C=O) groups is 1. The summed E-state index contributed by atoms with van der Waals surface area (Å²) < 4.78 is 5.52. The number of amides is 1. The SMILES string of the molecule is CCOc1ccc(C(=O)NCc2ccc(N3CCC(C)CC3)nc2)cc1C. The van der Waals surface area contributed by atoms with Crippen LogP contribution in [0.4, 0.5) is 5.82 Å². The average Bonchev–Trinajstić information content (AvgIpc) is 2.69. The Labute approximate surface area is 161 Å². The first-order valence-electron chi connectivity index (χ1n) is 9.78. The summed E-state index contributed by atoms with van der Waals surface area (Å²) in [7, 11) is 0. The number of rotatable bonds is 6. The first-order chi connectivity index (χ1) is 13.1. The van der Waals surface area contributed by atoms with Crippen LogP contribution in [0.5, 0.6) is 5.75 Å². The van der Waals surface area contributed by atoms with Crippen LogP contribution >= 0.6 is 0 Å². The number of nitrogens with one attached hydrogen (secondary N) is 1. The Morgan fingerprint density at radius 1 is 1.26 bits per heavy atom.